The molecule has 1 fully saturated rings. The largest absolute Gasteiger partial charge is 0.490 e. The lowest BCUT2D eigenvalue weighted by atomic mass is 10.1. The number of aromatic nitrogens is 1. The van der Waals surface area contributed by atoms with Crippen LogP contribution in [0.3, 0.4) is 0 Å². The van der Waals surface area contributed by atoms with Crippen LogP contribution in [0.5, 0.6) is 5.75 Å². The van der Waals surface area contributed by atoms with Gasteiger partial charge in [-0.1, -0.05) is 22.0 Å². The van der Waals surface area contributed by atoms with Crippen LogP contribution < -0.4 is 10.5 Å². The molecule has 0 atom stereocenters. The molecule has 2 N–H and O–H groups in total. The van der Waals surface area contributed by atoms with Gasteiger partial charge in [-0.05, 0) is 31.0 Å². The SMILES string of the molecule is Cl.Nc1ncc(CN2CCC(Oc3cccc(Br)c3)CC2)s1. The zero-order valence-corrected chi connectivity index (χ0v) is 15.3. The molecule has 1 aromatic carbocycles. The fourth-order valence-corrected chi connectivity index (χ4v) is 3.64. The van der Waals surface area contributed by atoms with Crippen LogP contribution in [0.2, 0.25) is 0 Å². The summed E-state index contributed by atoms with van der Waals surface area (Å²) in [6, 6.07) is 8.04. The first-order chi connectivity index (χ1) is 10.2. The fourth-order valence-electron chi connectivity index (χ4n) is 2.53. The Kier molecular flexibility index (Phi) is 6.50. The Labute approximate surface area is 149 Å². The molecule has 7 heteroatoms. The quantitative estimate of drug-likeness (QED) is 0.838. The topological polar surface area (TPSA) is 51.4 Å². The highest BCUT2D eigenvalue weighted by Crippen LogP contribution is 2.24. The van der Waals surface area contributed by atoms with Crippen LogP contribution in [-0.4, -0.2) is 29.1 Å². The zero-order chi connectivity index (χ0) is 14.7. The molecule has 2 aromatic rings. The van der Waals surface area contributed by atoms with Crippen molar-refractivity contribution in [2.45, 2.75) is 25.5 Å². The van der Waals surface area contributed by atoms with Crippen LogP contribution in [0.1, 0.15) is 17.7 Å². The molecule has 120 valence electrons. The van der Waals surface area contributed by atoms with E-state index in [1.807, 2.05) is 30.5 Å². The molecule has 0 spiro atoms. The number of piperidine rings is 1. The van der Waals surface area contributed by atoms with Gasteiger partial charge in [-0.3, -0.25) is 4.90 Å². The summed E-state index contributed by atoms with van der Waals surface area (Å²) in [5.41, 5.74) is 5.67. The standard InChI is InChI=1S/C15H18BrN3OS.ClH/c16-11-2-1-3-13(8-11)20-12-4-6-19(7-5-12)10-14-9-18-15(17)21-14;/h1-3,8-9,12H,4-7,10H2,(H2,17,18);1H. The average molecular weight is 405 g/mol. The molecule has 1 aromatic heterocycles. The lowest BCUT2D eigenvalue weighted by Crippen LogP contribution is -2.37. The Hall–Kier alpha value is -0.820. The molecular weight excluding hydrogens is 386 g/mol. The monoisotopic (exact) mass is 403 g/mol. The molecule has 1 aliphatic rings. The van der Waals surface area contributed by atoms with Crippen molar-refractivity contribution in [3.8, 4) is 5.75 Å². The second kappa shape index (κ2) is 8.15. The molecule has 0 aliphatic carbocycles. The minimum atomic E-state index is 0. The number of hydrogen-bond donors (Lipinski definition) is 1. The number of nitrogens with zero attached hydrogens (tertiary/aromatic N) is 2. The molecule has 3 rings (SSSR count). The smallest absolute Gasteiger partial charge is 0.180 e. The molecule has 0 amide bonds. The highest BCUT2D eigenvalue weighted by Gasteiger charge is 2.21. The predicted molar refractivity (Wildman–Crippen MR) is 96.8 cm³/mol. The van der Waals surface area contributed by atoms with Crippen molar-refractivity contribution in [3.05, 3.63) is 39.8 Å². The summed E-state index contributed by atoms with van der Waals surface area (Å²) in [5, 5.41) is 0.651. The van der Waals surface area contributed by atoms with Gasteiger partial charge >= 0.3 is 0 Å². The first-order valence-electron chi connectivity index (χ1n) is 7.04. The van der Waals surface area contributed by atoms with E-state index in [-0.39, 0.29) is 12.4 Å². The van der Waals surface area contributed by atoms with Gasteiger partial charge < -0.3 is 10.5 Å². The van der Waals surface area contributed by atoms with E-state index in [2.05, 4.69) is 25.8 Å². The summed E-state index contributed by atoms with van der Waals surface area (Å²) >= 11 is 5.05. The number of benzene rings is 1. The molecule has 1 saturated heterocycles. The van der Waals surface area contributed by atoms with Crippen LogP contribution in [-0.2, 0) is 6.54 Å². The molecule has 22 heavy (non-hydrogen) atoms. The first-order valence-corrected chi connectivity index (χ1v) is 8.65. The number of anilines is 1. The number of likely N-dealkylation sites (tertiary alicyclic amines) is 1. The van der Waals surface area contributed by atoms with E-state index in [0.29, 0.717) is 11.2 Å². The maximum absolute atomic E-state index is 6.05. The number of rotatable bonds is 4. The minimum Gasteiger partial charge on any atom is -0.490 e. The highest BCUT2D eigenvalue weighted by molar-refractivity contribution is 9.10. The van der Waals surface area contributed by atoms with E-state index in [9.17, 15) is 0 Å². The van der Waals surface area contributed by atoms with Crippen molar-refractivity contribution in [2.24, 2.45) is 0 Å². The van der Waals surface area contributed by atoms with Crippen LogP contribution >= 0.6 is 39.7 Å². The summed E-state index contributed by atoms with van der Waals surface area (Å²) in [6.07, 6.45) is 4.30. The van der Waals surface area contributed by atoms with E-state index in [0.717, 1.165) is 42.7 Å². The van der Waals surface area contributed by atoms with Gasteiger partial charge in [-0.2, -0.15) is 0 Å². The predicted octanol–water partition coefficient (Wildman–Crippen LogP) is 3.95. The molecule has 2 heterocycles. The molecule has 1 aliphatic heterocycles. The molecular formula is C15H19BrClN3OS. The Balaban J connectivity index is 0.00000176. The summed E-state index contributed by atoms with van der Waals surface area (Å²) in [4.78, 5) is 7.77. The van der Waals surface area contributed by atoms with E-state index in [4.69, 9.17) is 10.5 Å². The van der Waals surface area contributed by atoms with Crippen LogP contribution in [0.4, 0.5) is 5.13 Å². The number of hydrogen-bond acceptors (Lipinski definition) is 5. The normalized spacial score (nSPS) is 16.2. The van der Waals surface area contributed by atoms with Gasteiger partial charge in [0.15, 0.2) is 5.13 Å². The van der Waals surface area contributed by atoms with Crippen molar-refractivity contribution < 1.29 is 4.74 Å². The summed E-state index contributed by atoms with van der Waals surface area (Å²) in [7, 11) is 0. The van der Waals surface area contributed by atoms with Gasteiger partial charge in [0, 0.05) is 35.2 Å². The van der Waals surface area contributed by atoms with Crippen molar-refractivity contribution in [1.82, 2.24) is 9.88 Å². The van der Waals surface area contributed by atoms with E-state index in [1.54, 1.807) is 11.3 Å². The fraction of sp³-hybridized carbons (Fsp3) is 0.400. The van der Waals surface area contributed by atoms with Crippen molar-refractivity contribution in [2.75, 3.05) is 18.8 Å². The van der Waals surface area contributed by atoms with Crippen molar-refractivity contribution in [3.63, 3.8) is 0 Å². The van der Waals surface area contributed by atoms with Crippen molar-refractivity contribution in [1.29, 1.82) is 0 Å². The Morgan fingerprint density at radius 3 is 2.77 bits per heavy atom. The lowest BCUT2D eigenvalue weighted by Gasteiger charge is -2.31. The second-order valence-electron chi connectivity index (χ2n) is 5.22. The second-order valence-corrected chi connectivity index (χ2v) is 7.28. The number of halogens is 2. The van der Waals surface area contributed by atoms with E-state index >= 15 is 0 Å². The molecule has 0 bridgehead atoms. The van der Waals surface area contributed by atoms with Gasteiger partial charge in [0.25, 0.3) is 0 Å². The van der Waals surface area contributed by atoms with Crippen molar-refractivity contribution >= 4 is 44.8 Å². The number of ether oxygens (including phenoxy) is 1. The minimum absolute atomic E-state index is 0. The van der Waals surface area contributed by atoms with Gasteiger partial charge in [0.1, 0.15) is 11.9 Å². The number of nitrogen functional groups attached to an aromatic ring is 1. The third-order valence-corrected chi connectivity index (χ3v) is 4.89. The number of nitrogens with two attached hydrogens (primary N) is 1. The van der Waals surface area contributed by atoms with Crippen LogP contribution in [0.15, 0.2) is 34.9 Å². The van der Waals surface area contributed by atoms with Gasteiger partial charge in [0.2, 0.25) is 0 Å². The lowest BCUT2D eigenvalue weighted by molar-refractivity contribution is 0.0973. The van der Waals surface area contributed by atoms with Gasteiger partial charge in [-0.25, -0.2) is 4.98 Å². The highest BCUT2D eigenvalue weighted by atomic mass is 79.9. The zero-order valence-electron chi connectivity index (χ0n) is 12.1. The van der Waals surface area contributed by atoms with E-state index in [1.165, 1.54) is 4.88 Å². The maximum Gasteiger partial charge on any atom is 0.180 e. The van der Waals surface area contributed by atoms with Crippen LogP contribution in [0.25, 0.3) is 0 Å². The van der Waals surface area contributed by atoms with E-state index < -0.39 is 0 Å². The molecule has 4 nitrogen and oxygen atoms in total. The number of thiazole rings is 1. The summed E-state index contributed by atoms with van der Waals surface area (Å²) in [6.45, 7) is 3.05. The molecule has 0 unspecified atom stereocenters. The third-order valence-electron chi connectivity index (χ3n) is 3.58. The Morgan fingerprint density at radius 1 is 1.36 bits per heavy atom. The molecule has 0 radical (unpaired) electrons. The summed E-state index contributed by atoms with van der Waals surface area (Å²) in [5.74, 6) is 0.943. The third kappa shape index (κ3) is 4.84. The van der Waals surface area contributed by atoms with Crippen LogP contribution in [0, 0.1) is 0 Å². The average Bonchev–Trinajstić information content (AvgIpc) is 2.86. The Bertz CT molecular complexity index is 602. The first kappa shape index (κ1) is 17.5. The summed E-state index contributed by atoms with van der Waals surface area (Å²) < 4.78 is 7.11. The molecule has 0 saturated carbocycles. The maximum atomic E-state index is 6.05. The Morgan fingerprint density at radius 2 is 2.14 bits per heavy atom. The van der Waals surface area contributed by atoms with Gasteiger partial charge in [-0.15, -0.1) is 23.7 Å². The van der Waals surface area contributed by atoms with Gasteiger partial charge in [0.05, 0.1) is 0 Å².